The summed E-state index contributed by atoms with van der Waals surface area (Å²) in [6, 6.07) is 17.7. The molecule has 0 spiro atoms. The molecular weight excluding hydrogens is 406 g/mol. The summed E-state index contributed by atoms with van der Waals surface area (Å²) in [6.07, 6.45) is -0.111. The van der Waals surface area contributed by atoms with E-state index in [0.29, 0.717) is 37.0 Å². The van der Waals surface area contributed by atoms with Gasteiger partial charge < -0.3 is 25.0 Å². The van der Waals surface area contributed by atoms with Gasteiger partial charge in [0.25, 0.3) is 6.02 Å². The summed E-state index contributed by atoms with van der Waals surface area (Å²) in [5, 5.41) is 15.3. The van der Waals surface area contributed by atoms with Gasteiger partial charge in [-0.05, 0) is 30.2 Å². The lowest BCUT2D eigenvalue weighted by atomic mass is 10.0. The fourth-order valence-corrected chi connectivity index (χ4v) is 3.98. The predicted octanol–water partition coefficient (Wildman–Crippen LogP) is 1.97. The molecule has 0 radical (unpaired) electrons. The molecule has 8 heteroatoms. The maximum atomic E-state index is 12.8. The third-order valence-corrected chi connectivity index (χ3v) is 5.73. The summed E-state index contributed by atoms with van der Waals surface area (Å²) in [6.45, 7) is 4.27. The molecule has 1 saturated heterocycles. The fraction of sp³-hybridized carbons (Fsp3) is 0.375. The highest BCUT2D eigenvalue weighted by atomic mass is 16.5. The number of amides is 1. The fourth-order valence-electron chi connectivity index (χ4n) is 3.98. The van der Waals surface area contributed by atoms with Gasteiger partial charge in [0.05, 0.1) is 18.7 Å². The Morgan fingerprint density at radius 1 is 1.34 bits per heavy atom. The van der Waals surface area contributed by atoms with Crippen molar-refractivity contribution >= 4 is 11.9 Å². The second kappa shape index (κ2) is 9.71. The minimum atomic E-state index is -0.374. The molecule has 2 aromatic carbocycles. The van der Waals surface area contributed by atoms with Crippen LogP contribution in [0.1, 0.15) is 29.7 Å². The van der Waals surface area contributed by atoms with Gasteiger partial charge in [-0.15, -0.1) is 0 Å². The Balaban J connectivity index is 1.34. The van der Waals surface area contributed by atoms with Crippen LogP contribution in [0.15, 0.2) is 53.5 Å². The molecule has 2 heterocycles. The first-order valence-electron chi connectivity index (χ1n) is 10.7. The van der Waals surface area contributed by atoms with Crippen LogP contribution in [0.2, 0.25) is 0 Å². The zero-order valence-electron chi connectivity index (χ0n) is 18.2. The van der Waals surface area contributed by atoms with Gasteiger partial charge >= 0.3 is 0 Å². The molecule has 0 aromatic heterocycles. The molecule has 0 saturated carbocycles. The third-order valence-electron chi connectivity index (χ3n) is 5.73. The first kappa shape index (κ1) is 21.7. The largest absolute Gasteiger partial charge is 0.495 e. The number of piperazine rings is 1. The van der Waals surface area contributed by atoms with Crippen molar-refractivity contribution in [2.45, 2.75) is 31.7 Å². The van der Waals surface area contributed by atoms with Crippen molar-refractivity contribution in [2.24, 2.45) is 4.99 Å². The number of nitrogens with one attached hydrogen (secondary N) is 2. The number of rotatable bonds is 5. The second-order valence-electron chi connectivity index (χ2n) is 7.92. The van der Waals surface area contributed by atoms with Crippen LogP contribution in [0.25, 0.3) is 0 Å². The van der Waals surface area contributed by atoms with E-state index in [1.807, 2.05) is 48.2 Å². The van der Waals surface area contributed by atoms with Gasteiger partial charge in [0.15, 0.2) is 0 Å². The van der Waals surface area contributed by atoms with E-state index in [1.54, 1.807) is 12.1 Å². The minimum absolute atomic E-state index is 0.0147. The Morgan fingerprint density at radius 3 is 2.91 bits per heavy atom. The van der Waals surface area contributed by atoms with Crippen LogP contribution in [0.4, 0.5) is 0 Å². The number of nitrogens with zero attached hydrogens (tertiary/aromatic N) is 3. The molecule has 2 aliphatic rings. The number of aliphatic imine (C=N–C) groups is 1. The van der Waals surface area contributed by atoms with Gasteiger partial charge in [-0.25, -0.2) is 4.99 Å². The molecule has 1 fully saturated rings. The van der Waals surface area contributed by atoms with E-state index >= 15 is 0 Å². The second-order valence-corrected chi connectivity index (χ2v) is 7.92. The molecule has 4 rings (SSSR count). The van der Waals surface area contributed by atoms with E-state index in [2.05, 4.69) is 16.7 Å². The Labute approximate surface area is 187 Å². The summed E-state index contributed by atoms with van der Waals surface area (Å²) in [5.41, 5.74) is 2.43. The number of benzene rings is 2. The van der Waals surface area contributed by atoms with Crippen molar-refractivity contribution in [3.05, 3.63) is 65.2 Å². The monoisotopic (exact) mass is 433 g/mol. The summed E-state index contributed by atoms with van der Waals surface area (Å²) in [5.74, 6) is 0.406. The Hall–Kier alpha value is -3.57. The smallest absolute Gasteiger partial charge is 0.288 e. The number of carbonyl (C=O) groups excluding carboxylic acids is 1. The molecule has 0 aliphatic carbocycles. The number of hydrogen-bond donors (Lipinski definition) is 2. The predicted molar refractivity (Wildman–Crippen MR) is 120 cm³/mol. The lowest BCUT2D eigenvalue weighted by molar-refractivity contribution is -0.124. The van der Waals surface area contributed by atoms with E-state index in [4.69, 9.17) is 19.7 Å². The summed E-state index contributed by atoms with van der Waals surface area (Å²) >= 11 is 0. The van der Waals surface area contributed by atoms with E-state index in [-0.39, 0.29) is 24.1 Å². The van der Waals surface area contributed by atoms with Gasteiger partial charge in [-0.1, -0.05) is 36.4 Å². The maximum absolute atomic E-state index is 12.8. The van der Waals surface area contributed by atoms with Gasteiger partial charge in [0, 0.05) is 26.2 Å². The maximum Gasteiger partial charge on any atom is 0.288 e. The molecule has 2 aliphatic heterocycles. The number of ether oxygens (including phenoxy) is 2. The van der Waals surface area contributed by atoms with E-state index in [9.17, 15) is 4.79 Å². The Morgan fingerprint density at radius 2 is 2.16 bits per heavy atom. The van der Waals surface area contributed by atoms with Gasteiger partial charge in [-0.2, -0.15) is 5.26 Å². The van der Waals surface area contributed by atoms with Gasteiger partial charge in [0.2, 0.25) is 5.91 Å². The lowest BCUT2D eigenvalue weighted by Gasteiger charge is -2.33. The Kier molecular flexibility index (Phi) is 6.57. The molecule has 3 atom stereocenters. The average molecular weight is 434 g/mol. The molecule has 0 bridgehead atoms. The standard InChI is InChI=1S/C24H27N5O3/c1-16-22(18-6-4-3-5-7-18)32-24(28-16)29-11-10-26-20(15-29)23(30)27-14-17-8-9-19(13-25)21(12-17)31-2/h3-9,12,16,20,22,26H,10-11,14-15H2,1-2H3,(H,27,30)/t16-,20-,22+/m0/s1. The molecule has 2 aromatic rings. The minimum Gasteiger partial charge on any atom is -0.495 e. The van der Waals surface area contributed by atoms with Crippen LogP contribution < -0.4 is 15.4 Å². The Bertz CT molecular complexity index is 1030. The zero-order valence-corrected chi connectivity index (χ0v) is 18.2. The molecular formula is C24H27N5O3. The number of methoxy groups -OCH3 is 1. The summed E-state index contributed by atoms with van der Waals surface area (Å²) < 4.78 is 11.4. The average Bonchev–Trinajstić information content (AvgIpc) is 3.24. The van der Waals surface area contributed by atoms with Crippen LogP contribution in [0, 0.1) is 11.3 Å². The van der Waals surface area contributed by atoms with Gasteiger partial charge in [0.1, 0.15) is 24.0 Å². The van der Waals surface area contributed by atoms with Crippen LogP contribution in [-0.2, 0) is 16.1 Å². The van der Waals surface area contributed by atoms with Crippen molar-refractivity contribution < 1.29 is 14.3 Å². The third kappa shape index (κ3) is 4.68. The number of amidine groups is 1. The van der Waals surface area contributed by atoms with Crippen LogP contribution in [-0.4, -0.2) is 55.7 Å². The first-order chi connectivity index (χ1) is 15.6. The van der Waals surface area contributed by atoms with Crippen molar-refractivity contribution in [1.82, 2.24) is 15.5 Å². The van der Waals surface area contributed by atoms with Crippen molar-refractivity contribution in [3.8, 4) is 11.8 Å². The quantitative estimate of drug-likeness (QED) is 0.748. The molecule has 1 amide bonds. The molecule has 32 heavy (non-hydrogen) atoms. The topological polar surface area (TPSA) is 99.0 Å². The first-order valence-corrected chi connectivity index (χ1v) is 10.7. The summed E-state index contributed by atoms with van der Waals surface area (Å²) in [7, 11) is 1.52. The van der Waals surface area contributed by atoms with Crippen LogP contribution >= 0.6 is 0 Å². The number of hydrogen-bond acceptors (Lipinski definition) is 7. The number of carbonyl (C=O) groups is 1. The SMILES string of the molecule is COc1cc(CNC(=O)[C@@H]2CN(C3=N[C@@H](C)[C@H](c4ccccc4)O3)CCN2)ccc1C#N. The normalized spacial score (nSPS) is 22.5. The van der Waals surface area contributed by atoms with Crippen molar-refractivity contribution in [3.63, 3.8) is 0 Å². The molecule has 166 valence electrons. The molecule has 0 unspecified atom stereocenters. The zero-order chi connectivity index (χ0) is 22.5. The highest BCUT2D eigenvalue weighted by molar-refractivity contribution is 5.84. The molecule has 2 N–H and O–H groups in total. The summed E-state index contributed by atoms with van der Waals surface area (Å²) in [4.78, 5) is 19.5. The molecule has 8 nitrogen and oxygen atoms in total. The van der Waals surface area contributed by atoms with E-state index in [1.165, 1.54) is 7.11 Å². The number of nitriles is 1. The van der Waals surface area contributed by atoms with Crippen molar-refractivity contribution in [1.29, 1.82) is 5.26 Å². The van der Waals surface area contributed by atoms with Gasteiger partial charge in [-0.3, -0.25) is 4.79 Å². The highest BCUT2D eigenvalue weighted by Gasteiger charge is 2.35. The van der Waals surface area contributed by atoms with Crippen molar-refractivity contribution in [2.75, 3.05) is 26.7 Å². The van der Waals surface area contributed by atoms with Crippen LogP contribution in [0.5, 0.6) is 5.75 Å². The lowest BCUT2D eigenvalue weighted by Crippen LogP contribution is -2.58. The highest BCUT2D eigenvalue weighted by Crippen LogP contribution is 2.30. The van der Waals surface area contributed by atoms with E-state index < -0.39 is 0 Å². The van der Waals surface area contributed by atoms with Crippen LogP contribution in [0.3, 0.4) is 0 Å². The van der Waals surface area contributed by atoms with E-state index in [0.717, 1.165) is 17.7 Å².